The van der Waals surface area contributed by atoms with Crippen LogP contribution in [0.4, 0.5) is 0 Å². The van der Waals surface area contributed by atoms with E-state index in [9.17, 15) is 9.59 Å². The van der Waals surface area contributed by atoms with Crippen LogP contribution in [0.2, 0.25) is 0 Å². The van der Waals surface area contributed by atoms with Gasteiger partial charge in [-0.3, -0.25) is 15.0 Å². The maximum absolute atomic E-state index is 12.6. The highest BCUT2D eigenvalue weighted by molar-refractivity contribution is 6.07. The SMILES string of the molecule is CN(C)CCc1cc(-c2ccc(C(=O)NCCc3ccc4[nH]cc(C(=N)N)c4c3)cc2)c[nH]c1=O. The molecule has 0 aliphatic carbocycles. The molecule has 8 nitrogen and oxygen atoms in total. The first-order valence-corrected chi connectivity index (χ1v) is 11.5. The van der Waals surface area contributed by atoms with E-state index < -0.39 is 0 Å². The molecule has 0 aliphatic rings. The summed E-state index contributed by atoms with van der Waals surface area (Å²) in [7, 11) is 3.96. The van der Waals surface area contributed by atoms with Gasteiger partial charge in [-0.05, 0) is 74.0 Å². The number of nitrogen functional groups attached to an aromatic ring is 1. The fourth-order valence-electron chi connectivity index (χ4n) is 4.01. The molecule has 4 rings (SSSR count). The van der Waals surface area contributed by atoms with E-state index in [0.717, 1.165) is 39.7 Å². The fourth-order valence-corrected chi connectivity index (χ4v) is 4.01. The Balaban J connectivity index is 1.38. The van der Waals surface area contributed by atoms with Gasteiger partial charge in [-0.15, -0.1) is 0 Å². The number of aromatic amines is 2. The summed E-state index contributed by atoms with van der Waals surface area (Å²) >= 11 is 0. The lowest BCUT2D eigenvalue weighted by Crippen LogP contribution is -2.25. The second-order valence-electron chi connectivity index (χ2n) is 8.88. The van der Waals surface area contributed by atoms with Gasteiger partial charge in [0, 0.05) is 53.1 Å². The average molecular weight is 471 g/mol. The minimum absolute atomic E-state index is 0.0248. The number of nitrogens with zero attached hydrogens (tertiary/aromatic N) is 1. The topological polar surface area (TPSA) is 131 Å². The monoisotopic (exact) mass is 470 g/mol. The van der Waals surface area contributed by atoms with E-state index in [1.165, 1.54) is 0 Å². The molecule has 2 heterocycles. The maximum atomic E-state index is 12.6. The van der Waals surface area contributed by atoms with Gasteiger partial charge in [-0.2, -0.15) is 0 Å². The normalized spacial score (nSPS) is 11.2. The van der Waals surface area contributed by atoms with E-state index in [1.54, 1.807) is 24.5 Å². The van der Waals surface area contributed by atoms with Crippen LogP contribution in [0, 0.1) is 5.41 Å². The van der Waals surface area contributed by atoms with E-state index in [-0.39, 0.29) is 17.3 Å². The first kappa shape index (κ1) is 24.0. The summed E-state index contributed by atoms with van der Waals surface area (Å²) in [6.45, 7) is 1.28. The lowest BCUT2D eigenvalue weighted by molar-refractivity contribution is 0.0954. The molecule has 0 atom stereocenters. The molecule has 0 bridgehead atoms. The first-order chi connectivity index (χ1) is 16.8. The van der Waals surface area contributed by atoms with Crippen LogP contribution in [-0.4, -0.2) is 53.8 Å². The van der Waals surface area contributed by atoms with Crippen molar-refractivity contribution in [1.82, 2.24) is 20.2 Å². The Morgan fingerprint density at radius 3 is 2.49 bits per heavy atom. The van der Waals surface area contributed by atoms with E-state index in [1.807, 2.05) is 55.4 Å². The van der Waals surface area contributed by atoms with Crippen molar-refractivity contribution >= 4 is 22.6 Å². The van der Waals surface area contributed by atoms with Gasteiger partial charge < -0.3 is 25.9 Å². The number of hydrogen-bond acceptors (Lipinski definition) is 4. The summed E-state index contributed by atoms with van der Waals surface area (Å²) in [6.07, 6.45) is 4.77. The number of H-pyrrole nitrogens is 2. The van der Waals surface area contributed by atoms with Gasteiger partial charge in [0.25, 0.3) is 11.5 Å². The molecule has 4 aromatic rings. The molecule has 1 amide bonds. The zero-order valence-corrected chi connectivity index (χ0v) is 19.9. The molecule has 0 saturated carbocycles. The largest absolute Gasteiger partial charge is 0.384 e. The van der Waals surface area contributed by atoms with E-state index >= 15 is 0 Å². The van der Waals surface area contributed by atoms with Crippen LogP contribution in [0.25, 0.3) is 22.0 Å². The third kappa shape index (κ3) is 5.67. The van der Waals surface area contributed by atoms with E-state index in [4.69, 9.17) is 11.1 Å². The van der Waals surface area contributed by atoms with Crippen molar-refractivity contribution in [1.29, 1.82) is 5.41 Å². The molecule has 0 spiro atoms. The van der Waals surface area contributed by atoms with Crippen LogP contribution >= 0.6 is 0 Å². The molecule has 8 heteroatoms. The highest BCUT2D eigenvalue weighted by atomic mass is 16.1. The quantitative estimate of drug-likeness (QED) is 0.190. The van der Waals surface area contributed by atoms with Gasteiger partial charge >= 0.3 is 0 Å². The lowest BCUT2D eigenvalue weighted by Gasteiger charge is -2.10. The predicted octanol–water partition coefficient (Wildman–Crippen LogP) is 2.88. The Kier molecular flexibility index (Phi) is 7.12. The summed E-state index contributed by atoms with van der Waals surface area (Å²) in [6, 6.07) is 15.2. The third-order valence-electron chi connectivity index (χ3n) is 6.02. The molecule has 0 fully saturated rings. The van der Waals surface area contributed by atoms with Gasteiger partial charge in [-0.25, -0.2) is 0 Å². The van der Waals surface area contributed by atoms with Crippen LogP contribution in [0.1, 0.15) is 27.0 Å². The maximum Gasteiger partial charge on any atom is 0.251 e. The van der Waals surface area contributed by atoms with Crippen LogP contribution < -0.4 is 16.6 Å². The average Bonchev–Trinajstić information content (AvgIpc) is 3.27. The first-order valence-electron chi connectivity index (χ1n) is 11.5. The van der Waals surface area contributed by atoms with Crippen molar-refractivity contribution in [3.8, 4) is 11.1 Å². The van der Waals surface area contributed by atoms with Crippen molar-refractivity contribution in [2.75, 3.05) is 27.2 Å². The zero-order valence-electron chi connectivity index (χ0n) is 19.9. The number of benzene rings is 2. The molecule has 2 aromatic carbocycles. The number of carbonyl (C=O) groups is 1. The van der Waals surface area contributed by atoms with Gasteiger partial charge in [0.05, 0.1) is 0 Å². The molecule has 0 radical (unpaired) electrons. The van der Waals surface area contributed by atoms with Crippen LogP contribution in [-0.2, 0) is 12.8 Å². The van der Waals surface area contributed by atoms with Crippen LogP contribution in [0.3, 0.4) is 0 Å². The van der Waals surface area contributed by atoms with Crippen LogP contribution in [0.15, 0.2) is 65.7 Å². The highest BCUT2D eigenvalue weighted by Gasteiger charge is 2.10. The second kappa shape index (κ2) is 10.4. The number of aromatic nitrogens is 2. The second-order valence-corrected chi connectivity index (χ2v) is 8.88. The molecule has 180 valence electrons. The Morgan fingerprint density at radius 1 is 1.00 bits per heavy atom. The van der Waals surface area contributed by atoms with Crippen molar-refractivity contribution in [3.05, 3.63) is 93.5 Å². The summed E-state index contributed by atoms with van der Waals surface area (Å²) in [5, 5.41) is 11.6. The van der Waals surface area contributed by atoms with E-state index in [2.05, 4.69) is 15.3 Å². The number of pyridine rings is 1. The van der Waals surface area contributed by atoms with Crippen molar-refractivity contribution in [3.63, 3.8) is 0 Å². The number of amidine groups is 1. The molecular formula is C27H30N6O2. The van der Waals surface area contributed by atoms with Gasteiger partial charge in [0.15, 0.2) is 0 Å². The summed E-state index contributed by atoms with van der Waals surface area (Å²) in [5.41, 5.74) is 11.4. The molecule has 35 heavy (non-hydrogen) atoms. The summed E-state index contributed by atoms with van der Waals surface area (Å²) in [4.78, 5) is 32.7. The van der Waals surface area contributed by atoms with E-state index in [0.29, 0.717) is 30.5 Å². The molecule has 6 N–H and O–H groups in total. The molecular weight excluding hydrogens is 440 g/mol. The third-order valence-corrected chi connectivity index (χ3v) is 6.02. The lowest BCUT2D eigenvalue weighted by atomic mass is 10.0. The van der Waals surface area contributed by atoms with Gasteiger partial charge in [-0.1, -0.05) is 18.2 Å². The highest BCUT2D eigenvalue weighted by Crippen LogP contribution is 2.21. The summed E-state index contributed by atoms with van der Waals surface area (Å²) in [5.74, 6) is -0.117. The van der Waals surface area contributed by atoms with Crippen molar-refractivity contribution < 1.29 is 4.79 Å². The molecule has 2 aromatic heterocycles. The summed E-state index contributed by atoms with van der Waals surface area (Å²) < 4.78 is 0. The molecule has 0 unspecified atom stereocenters. The fraction of sp³-hybridized carbons (Fsp3) is 0.222. The van der Waals surface area contributed by atoms with Gasteiger partial charge in [0.1, 0.15) is 5.84 Å². The minimum atomic E-state index is -0.142. The van der Waals surface area contributed by atoms with Crippen molar-refractivity contribution in [2.24, 2.45) is 5.73 Å². The standard InChI is InChI=1S/C27H30N6O2/c1-33(2)12-10-20-14-21(15-32-27(20)35)18-4-6-19(7-5-18)26(34)30-11-9-17-3-8-24-22(13-17)23(16-31-24)25(28)29/h3-8,13-16,31H,9-12H2,1-2H3,(H3,28,29)(H,30,34)(H,32,35). The Bertz CT molecular complexity index is 1420. The Hall–Kier alpha value is -4.17. The van der Waals surface area contributed by atoms with Crippen molar-refractivity contribution in [2.45, 2.75) is 12.8 Å². The Labute approximate surface area is 203 Å². The number of likely N-dealkylation sites (N-methyl/N-ethyl adjacent to an activating group) is 1. The number of rotatable bonds is 9. The zero-order chi connectivity index (χ0) is 24.9. The number of hydrogen-bond donors (Lipinski definition) is 5. The van der Waals surface area contributed by atoms with Gasteiger partial charge in [0.2, 0.25) is 0 Å². The molecule has 0 saturated heterocycles. The number of nitrogens with two attached hydrogens (primary N) is 1. The number of amides is 1. The Morgan fingerprint density at radius 2 is 1.77 bits per heavy atom. The smallest absolute Gasteiger partial charge is 0.251 e. The predicted molar refractivity (Wildman–Crippen MR) is 140 cm³/mol. The molecule has 0 aliphatic heterocycles. The number of fused-ring (bicyclic) bond motifs is 1. The minimum Gasteiger partial charge on any atom is -0.384 e. The number of nitrogens with one attached hydrogen (secondary N) is 4. The van der Waals surface area contributed by atoms with Crippen LogP contribution in [0.5, 0.6) is 0 Å². The number of carbonyl (C=O) groups excluding carboxylic acids is 1.